The standard InChI is InChI=1S/C11H23N3O/c1-11(2,3)5-8-4-9(12)7-14(6-8)10(13)15/h8-9H,4-7,12H2,1-3H3,(H2,13,15). The number of likely N-dealkylation sites (tertiary alicyclic amines) is 1. The minimum atomic E-state index is -0.343. The van der Waals surface area contributed by atoms with Gasteiger partial charge in [-0.25, -0.2) is 4.79 Å². The van der Waals surface area contributed by atoms with Crippen molar-refractivity contribution in [2.75, 3.05) is 13.1 Å². The Hall–Kier alpha value is -0.770. The van der Waals surface area contributed by atoms with Gasteiger partial charge in [-0.2, -0.15) is 0 Å². The zero-order chi connectivity index (χ0) is 11.6. The molecule has 4 N–H and O–H groups in total. The van der Waals surface area contributed by atoms with Crippen LogP contribution in [0.25, 0.3) is 0 Å². The zero-order valence-electron chi connectivity index (χ0n) is 9.99. The first-order chi connectivity index (χ1) is 6.78. The fourth-order valence-corrected chi connectivity index (χ4v) is 2.44. The summed E-state index contributed by atoms with van der Waals surface area (Å²) in [7, 11) is 0. The van der Waals surface area contributed by atoms with Crippen molar-refractivity contribution in [3.63, 3.8) is 0 Å². The van der Waals surface area contributed by atoms with E-state index < -0.39 is 0 Å². The molecular formula is C11H23N3O. The maximum atomic E-state index is 11.1. The highest BCUT2D eigenvalue weighted by molar-refractivity contribution is 5.72. The van der Waals surface area contributed by atoms with Gasteiger partial charge >= 0.3 is 6.03 Å². The van der Waals surface area contributed by atoms with E-state index in [2.05, 4.69) is 20.8 Å². The zero-order valence-corrected chi connectivity index (χ0v) is 9.99. The molecule has 2 unspecified atom stereocenters. The first-order valence-corrected chi connectivity index (χ1v) is 5.58. The second-order valence-corrected chi connectivity index (χ2v) is 5.87. The van der Waals surface area contributed by atoms with E-state index in [1.807, 2.05) is 0 Å². The molecule has 0 aromatic carbocycles. The predicted octanol–water partition coefficient (Wildman–Crippen LogP) is 1.15. The molecule has 4 nitrogen and oxygen atoms in total. The van der Waals surface area contributed by atoms with E-state index in [0.29, 0.717) is 12.5 Å². The van der Waals surface area contributed by atoms with Crippen LogP contribution in [0, 0.1) is 11.3 Å². The Morgan fingerprint density at radius 1 is 1.40 bits per heavy atom. The lowest BCUT2D eigenvalue weighted by molar-refractivity contribution is 0.140. The topological polar surface area (TPSA) is 72.3 Å². The van der Waals surface area contributed by atoms with Crippen LogP contribution >= 0.6 is 0 Å². The Kier molecular flexibility index (Phi) is 3.60. The van der Waals surface area contributed by atoms with Crippen molar-refractivity contribution in [3.05, 3.63) is 0 Å². The summed E-state index contributed by atoms with van der Waals surface area (Å²) in [5.41, 5.74) is 11.5. The Balaban J connectivity index is 2.56. The maximum absolute atomic E-state index is 11.1. The number of nitrogens with zero attached hydrogens (tertiary/aromatic N) is 1. The smallest absolute Gasteiger partial charge is 0.314 e. The average molecular weight is 213 g/mol. The van der Waals surface area contributed by atoms with E-state index in [1.54, 1.807) is 4.90 Å². The summed E-state index contributed by atoms with van der Waals surface area (Å²) in [6.07, 6.45) is 2.09. The summed E-state index contributed by atoms with van der Waals surface area (Å²) >= 11 is 0. The lowest BCUT2D eigenvalue weighted by Gasteiger charge is -2.37. The largest absolute Gasteiger partial charge is 0.351 e. The average Bonchev–Trinajstić information content (AvgIpc) is 1.99. The number of hydrogen-bond donors (Lipinski definition) is 2. The monoisotopic (exact) mass is 213 g/mol. The van der Waals surface area contributed by atoms with Gasteiger partial charge in [0.05, 0.1) is 0 Å². The molecule has 0 bridgehead atoms. The fourth-order valence-electron chi connectivity index (χ4n) is 2.44. The summed E-state index contributed by atoms with van der Waals surface area (Å²) in [6.45, 7) is 8.00. The summed E-state index contributed by atoms with van der Waals surface area (Å²) in [4.78, 5) is 12.8. The van der Waals surface area contributed by atoms with Crippen molar-refractivity contribution >= 4 is 6.03 Å². The third-order valence-corrected chi connectivity index (χ3v) is 2.78. The van der Waals surface area contributed by atoms with Crippen LogP contribution in [0.3, 0.4) is 0 Å². The molecule has 0 aromatic heterocycles. The SMILES string of the molecule is CC(C)(C)CC1CC(N)CN(C(N)=O)C1. The first-order valence-electron chi connectivity index (χ1n) is 5.58. The number of piperidine rings is 1. The molecule has 1 heterocycles. The second-order valence-electron chi connectivity index (χ2n) is 5.87. The number of amides is 2. The number of carbonyl (C=O) groups is 1. The number of carbonyl (C=O) groups excluding carboxylic acids is 1. The van der Waals surface area contributed by atoms with Crippen LogP contribution in [-0.2, 0) is 0 Å². The van der Waals surface area contributed by atoms with Gasteiger partial charge in [0.2, 0.25) is 0 Å². The lowest BCUT2D eigenvalue weighted by Crippen LogP contribution is -2.51. The molecule has 2 atom stereocenters. The van der Waals surface area contributed by atoms with Gasteiger partial charge in [-0.1, -0.05) is 20.8 Å². The van der Waals surface area contributed by atoms with Gasteiger partial charge in [-0.05, 0) is 24.2 Å². The molecule has 1 rings (SSSR count). The minimum absolute atomic E-state index is 0.0820. The summed E-state index contributed by atoms with van der Waals surface area (Å²) in [6, 6.07) is -0.261. The molecule has 1 fully saturated rings. The molecule has 1 aliphatic heterocycles. The van der Waals surface area contributed by atoms with Crippen molar-refractivity contribution in [3.8, 4) is 0 Å². The summed E-state index contributed by atoms with van der Waals surface area (Å²) in [5.74, 6) is 0.487. The van der Waals surface area contributed by atoms with Crippen LogP contribution in [-0.4, -0.2) is 30.1 Å². The van der Waals surface area contributed by atoms with E-state index in [4.69, 9.17) is 11.5 Å². The van der Waals surface area contributed by atoms with Gasteiger partial charge < -0.3 is 16.4 Å². The van der Waals surface area contributed by atoms with Crippen LogP contribution in [0.5, 0.6) is 0 Å². The van der Waals surface area contributed by atoms with Crippen molar-refractivity contribution in [2.24, 2.45) is 22.8 Å². The van der Waals surface area contributed by atoms with Crippen molar-refractivity contribution in [1.82, 2.24) is 4.90 Å². The molecule has 0 saturated carbocycles. The summed E-state index contributed by atoms with van der Waals surface area (Å²) in [5, 5.41) is 0. The third kappa shape index (κ3) is 4.08. The molecule has 2 amide bonds. The van der Waals surface area contributed by atoms with E-state index in [-0.39, 0.29) is 17.5 Å². The Bertz CT molecular complexity index is 234. The first kappa shape index (κ1) is 12.3. The number of urea groups is 1. The van der Waals surface area contributed by atoms with Crippen molar-refractivity contribution in [2.45, 2.75) is 39.7 Å². The van der Waals surface area contributed by atoms with Gasteiger partial charge in [0, 0.05) is 19.1 Å². The quantitative estimate of drug-likeness (QED) is 0.686. The molecule has 0 aliphatic carbocycles. The van der Waals surface area contributed by atoms with Gasteiger partial charge in [-0.15, -0.1) is 0 Å². The van der Waals surface area contributed by atoms with E-state index in [9.17, 15) is 4.79 Å². The minimum Gasteiger partial charge on any atom is -0.351 e. The van der Waals surface area contributed by atoms with Gasteiger partial charge in [0.25, 0.3) is 0 Å². The lowest BCUT2D eigenvalue weighted by atomic mass is 9.80. The normalized spacial score (nSPS) is 27.9. The molecule has 0 radical (unpaired) electrons. The highest BCUT2D eigenvalue weighted by Crippen LogP contribution is 2.29. The van der Waals surface area contributed by atoms with Gasteiger partial charge in [0.15, 0.2) is 0 Å². The number of nitrogens with two attached hydrogens (primary N) is 2. The number of rotatable bonds is 1. The summed E-state index contributed by atoms with van der Waals surface area (Å²) < 4.78 is 0. The number of primary amides is 1. The van der Waals surface area contributed by atoms with Crippen molar-refractivity contribution in [1.29, 1.82) is 0 Å². The highest BCUT2D eigenvalue weighted by Gasteiger charge is 2.29. The van der Waals surface area contributed by atoms with E-state index in [0.717, 1.165) is 19.4 Å². The van der Waals surface area contributed by atoms with Crippen LogP contribution in [0.15, 0.2) is 0 Å². The molecule has 0 spiro atoms. The molecule has 88 valence electrons. The van der Waals surface area contributed by atoms with Crippen LogP contribution in [0.2, 0.25) is 0 Å². The van der Waals surface area contributed by atoms with Crippen LogP contribution in [0.1, 0.15) is 33.6 Å². The molecule has 0 aromatic rings. The van der Waals surface area contributed by atoms with Crippen LogP contribution < -0.4 is 11.5 Å². The molecule has 15 heavy (non-hydrogen) atoms. The highest BCUT2D eigenvalue weighted by atomic mass is 16.2. The second kappa shape index (κ2) is 4.39. The Morgan fingerprint density at radius 3 is 2.47 bits per heavy atom. The Labute approximate surface area is 92.0 Å². The predicted molar refractivity (Wildman–Crippen MR) is 61.3 cm³/mol. The fraction of sp³-hybridized carbons (Fsp3) is 0.909. The van der Waals surface area contributed by atoms with Crippen LogP contribution in [0.4, 0.5) is 4.79 Å². The third-order valence-electron chi connectivity index (χ3n) is 2.78. The number of hydrogen-bond acceptors (Lipinski definition) is 2. The maximum Gasteiger partial charge on any atom is 0.314 e. The molecular weight excluding hydrogens is 190 g/mol. The molecule has 1 aliphatic rings. The van der Waals surface area contributed by atoms with E-state index >= 15 is 0 Å². The van der Waals surface area contributed by atoms with Gasteiger partial charge in [-0.3, -0.25) is 0 Å². The molecule has 4 heteroatoms. The Morgan fingerprint density at radius 2 is 2.00 bits per heavy atom. The van der Waals surface area contributed by atoms with Crippen molar-refractivity contribution < 1.29 is 4.79 Å². The van der Waals surface area contributed by atoms with Gasteiger partial charge in [0.1, 0.15) is 0 Å². The van der Waals surface area contributed by atoms with E-state index in [1.165, 1.54) is 0 Å². The molecule has 1 saturated heterocycles.